The van der Waals surface area contributed by atoms with E-state index in [9.17, 15) is 38.4 Å². The van der Waals surface area contributed by atoms with Gasteiger partial charge in [0.25, 0.3) is 28.5 Å². The number of rotatable bonds is 14. The number of Topliss-reactive ketones (excluding diaryl/α,β-unsaturated/α-hetero) is 3. The van der Waals surface area contributed by atoms with Gasteiger partial charge in [-0.15, -0.1) is 0 Å². The summed E-state index contributed by atoms with van der Waals surface area (Å²) in [5.41, 5.74) is 19.0. The van der Waals surface area contributed by atoms with Crippen LogP contribution in [0.25, 0.3) is 76.9 Å². The van der Waals surface area contributed by atoms with Crippen molar-refractivity contribution in [2.75, 3.05) is 31.4 Å². The third-order valence-corrected chi connectivity index (χ3v) is 28.4. The van der Waals surface area contributed by atoms with Crippen LogP contribution < -0.4 is 16.7 Å². The molecule has 20 rings (SSSR count). The van der Waals surface area contributed by atoms with Crippen molar-refractivity contribution >= 4 is 119 Å². The van der Waals surface area contributed by atoms with Gasteiger partial charge in [-0.2, -0.15) is 0 Å². The molecule has 0 saturated heterocycles. The number of nitrogens with zero attached hydrogens (tertiary/aromatic N) is 8. The Kier molecular flexibility index (Phi) is 26.0. The maximum atomic E-state index is 13.3. The monoisotopic (exact) mass is 1720 g/mol. The zero-order chi connectivity index (χ0) is 87.9. The molecule has 5 heterocycles. The number of hydrogen-bond donors (Lipinski definition) is 0. The second kappa shape index (κ2) is 37.9. The molecule has 6 aliphatic rings. The second-order valence-electron chi connectivity index (χ2n) is 33.2. The maximum absolute atomic E-state index is 13.3. The van der Waals surface area contributed by atoms with E-state index in [1.165, 1.54) is 114 Å². The normalized spacial score (nSPS) is 15.3. The SMILES string of the molecule is C=C1CC2=C(C(=O)N1C)C1(CCCC1)Cc1ccccc12.C=C1CC2=C(C(=O)N1C)C1(CCCCC1)Cc1ccccc12.Cc1cc2ccccc2c2nc(SCC(=O)c3ccccc3)n(C)c(=O)c12.Cn1c(SCC(=O)c2ccccc2)nc(-c2ccccc2)c(-c2ccccc2)c1=O.Cn1c(SCC(=O)c2ccccc2)nc2c(ccc3ccccc32)c1=O. The molecule has 2 spiro atoms. The van der Waals surface area contributed by atoms with Crippen molar-refractivity contribution in [3.8, 4) is 22.4 Å². The molecule has 4 aliphatic carbocycles. The zero-order valence-electron chi connectivity index (χ0n) is 71.7. The molecule has 0 N–H and O–H groups in total. The van der Waals surface area contributed by atoms with Crippen molar-refractivity contribution in [1.82, 2.24) is 38.5 Å². The molecular formula is C107H98N8O8S3. The number of amides is 2. The van der Waals surface area contributed by atoms with Crippen molar-refractivity contribution in [1.29, 1.82) is 0 Å². The highest BCUT2D eigenvalue weighted by molar-refractivity contribution is 8.00. The van der Waals surface area contributed by atoms with Gasteiger partial charge in [0, 0.05) is 114 Å². The van der Waals surface area contributed by atoms with Crippen molar-refractivity contribution in [2.45, 2.75) is 106 Å². The fourth-order valence-electron chi connectivity index (χ4n) is 18.6. The average molecular weight is 1720 g/mol. The van der Waals surface area contributed by atoms with Gasteiger partial charge in [-0.1, -0.05) is 341 Å². The van der Waals surface area contributed by atoms with Gasteiger partial charge in [0.1, 0.15) is 0 Å². The summed E-state index contributed by atoms with van der Waals surface area (Å²) in [4.78, 5) is 120. The Morgan fingerprint density at radius 2 is 0.754 bits per heavy atom. The van der Waals surface area contributed by atoms with E-state index < -0.39 is 0 Å². The predicted molar refractivity (Wildman–Crippen MR) is 512 cm³/mol. The standard InChI is InChI=1S/C25H20N2O2S.C22H18N2O2S.C21H16N2O2S.C20H23NO.C19H21NO/c1-27-24(29)22(19-13-7-3-8-14-19)23(20-15-9-4-10-16-20)26-25(27)30-17-21(28)18-11-5-2-6-12-18;1-14-12-16-10-6-7-11-17(16)20-19(14)21(26)24(2)22(23-20)27-13-18(25)15-8-4-3-5-9-15;1-23-20(25)17-12-11-14-7-5-6-10-16(14)19(17)22-21(23)26-13-18(24)15-8-3-2-4-9-15;1-14-12-17-16-9-5-4-8-15(16)13-20(10-6-3-7-11-20)18(17)19(22)21(14)2;1-13-11-16-15-8-4-3-7-14(15)12-19(9-5-6-10-19)17(16)18(21)20(13)2/h2-16H,17H2,1H3;3-12H,13H2,1-2H3;2-12H,13H2,1H3;4-5,8-9H,1,3,6-7,10-13H2,2H3;3-4,7-8H,1,5-6,9-12H2,2H3. The van der Waals surface area contributed by atoms with Crippen LogP contribution >= 0.6 is 35.3 Å². The Balaban J connectivity index is 0.000000117. The fourth-order valence-corrected chi connectivity index (χ4v) is 21.2. The Labute approximate surface area is 746 Å². The highest BCUT2D eigenvalue weighted by atomic mass is 32.2. The Morgan fingerprint density at radius 3 is 1.23 bits per heavy atom. The number of fused-ring (bicyclic) bond motifs is 12. The number of thioether (sulfide) groups is 3. The molecule has 0 atom stereocenters. The van der Waals surface area contributed by atoms with E-state index in [2.05, 4.69) is 61.7 Å². The molecule has 3 aromatic heterocycles. The highest BCUT2D eigenvalue weighted by Gasteiger charge is 2.49. The van der Waals surface area contributed by atoms with Crippen LogP contribution in [0.2, 0.25) is 0 Å². The molecule has 2 amide bonds. The van der Waals surface area contributed by atoms with Crippen LogP contribution in [0.4, 0.5) is 0 Å². The molecule has 0 bridgehead atoms. The number of likely N-dealkylation sites (N-methyl/N-ethyl adjacent to an activating group) is 2. The first kappa shape index (κ1) is 86.6. The molecule has 126 heavy (non-hydrogen) atoms. The first-order chi connectivity index (χ1) is 61.1. The maximum Gasteiger partial charge on any atom is 0.262 e. The molecule has 14 aromatic rings. The van der Waals surface area contributed by atoms with Crippen molar-refractivity contribution in [2.24, 2.45) is 32.0 Å². The molecule has 0 radical (unpaired) electrons. The van der Waals surface area contributed by atoms with E-state index >= 15 is 0 Å². The highest BCUT2D eigenvalue weighted by Crippen LogP contribution is 2.57. The van der Waals surface area contributed by atoms with Crippen LogP contribution in [0.5, 0.6) is 0 Å². The number of carbonyl (C=O) groups is 5. The summed E-state index contributed by atoms with van der Waals surface area (Å²) in [5.74, 6) is 1.11. The van der Waals surface area contributed by atoms with E-state index in [0.29, 0.717) is 65.2 Å². The first-order valence-corrected chi connectivity index (χ1v) is 45.7. The van der Waals surface area contributed by atoms with Gasteiger partial charge in [-0.25, -0.2) is 15.0 Å². The largest absolute Gasteiger partial charge is 0.316 e. The molecule has 16 nitrogen and oxygen atoms in total. The van der Waals surface area contributed by atoms with Crippen molar-refractivity contribution in [3.05, 3.63) is 378 Å². The van der Waals surface area contributed by atoms with Gasteiger partial charge >= 0.3 is 0 Å². The van der Waals surface area contributed by atoms with Gasteiger partial charge in [0.05, 0.1) is 50.3 Å². The van der Waals surface area contributed by atoms with Gasteiger partial charge in [-0.3, -0.25) is 52.1 Å². The number of benzene rings is 11. The Hall–Kier alpha value is -12.9. The number of aromatic nitrogens is 6. The van der Waals surface area contributed by atoms with Crippen molar-refractivity contribution in [3.63, 3.8) is 0 Å². The van der Waals surface area contributed by atoms with Gasteiger partial charge in [-0.05, 0) is 107 Å². The van der Waals surface area contributed by atoms with Crippen LogP contribution in [0, 0.1) is 17.8 Å². The minimum absolute atomic E-state index is 0.00301. The summed E-state index contributed by atoms with van der Waals surface area (Å²) in [5, 5.41) is 6.82. The van der Waals surface area contributed by atoms with Crippen LogP contribution in [0.15, 0.2) is 332 Å². The van der Waals surface area contributed by atoms with E-state index in [0.717, 1.165) is 112 Å². The molecule has 19 heteroatoms. The van der Waals surface area contributed by atoms with Crippen LogP contribution in [-0.2, 0) is 43.6 Å². The summed E-state index contributed by atoms with van der Waals surface area (Å²) < 4.78 is 4.57. The Bertz CT molecular complexity index is 6890. The molecular weight excluding hydrogens is 1620 g/mol. The fraction of sp³-hybridized carbons (Fsp3) is 0.224. The average Bonchev–Trinajstić information content (AvgIpc) is 0.829. The molecule has 11 aromatic carbocycles. The lowest BCUT2D eigenvalue weighted by atomic mass is 9.59. The zero-order valence-corrected chi connectivity index (χ0v) is 74.1. The van der Waals surface area contributed by atoms with Crippen LogP contribution in [-0.4, -0.2) is 99.0 Å². The van der Waals surface area contributed by atoms with Crippen molar-refractivity contribution < 1.29 is 24.0 Å². The molecule has 632 valence electrons. The third kappa shape index (κ3) is 17.7. The summed E-state index contributed by atoms with van der Waals surface area (Å²) in [7, 11) is 8.85. The van der Waals surface area contributed by atoms with Gasteiger partial charge in [0.2, 0.25) is 0 Å². The molecule has 0 unspecified atom stereocenters. The lowest BCUT2D eigenvalue weighted by Crippen LogP contribution is -2.43. The number of hydrogen-bond acceptors (Lipinski definition) is 14. The minimum Gasteiger partial charge on any atom is -0.316 e. The van der Waals surface area contributed by atoms with Crippen LogP contribution in [0.3, 0.4) is 0 Å². The predicted octanol–water partition coefficient (Wildman–Crippen LogP) is 21.8. The summed E-state index contributed by atoms with van der Waals surface area (Å²) >= 11 is 3.86. The number of carbonyl (C=O) groups excluding carboxylic acids is 5. The quantitative estimate of drug-likeness (QED) is 0.0431. The van der Waals surface area contributed by atoms with E-state index in [1.807, 2.05) is 203 Å². The minimum atomic E-state index is -0.135. The second-order valence-corrected chi connectivity index (χ2v) is 36.0. The summed E-state index contributed by atoms with van der Waals surface area (Å²) in [6.07, 6.45) is 14.6. The summed E-state index contributed by atoms with van der Waals surface area (Å²) in [6.45, 7) is 10.1. The lowest BCUT2D eigenvalue weighted by Gasteiger charge is -2.47. The molecule has 2 aliphatic heterocycles. The first-order valence-electron chi connectivity index (χ1n) is 42.8. The molecule has 2 saturated carbocycles. The van der Waals surface area contributed by atoms with E-state index in [4.69, 9.17) is 15.0 Å². The lowest BCUT2D eigenvalue weighted by molar-refractivity contribution is -0.126. The third-order valence-electron chi connectivity index (χ3n) is 25.3. The Morgan fingerprint density at radius 1 is 0.381 bits per heavy atom. The molecule has 2 fully saturated rings. The number of allylic oxidation sites excluding steroid dienone is 2. The van der Waals surface area contributed by atoms with E-state index in [-0.39, 0.29) is 73.9 Å². The van der Waals surface area contributed by atoms with E-state index in [1.54, 1.807) is 67.3 Å². The number of ketones is 3. The van der Waals surface area contributed by atoms with Crippen LogP contribution in [0.1, 0.15) is 130 Å². The summed E-state index contributed by atoms with van der Waals surface area (Å²) in [6, 6.07) is 85.5. The topological polar surface area (TPSA) is 196 Å². The number of aryl methyl sites for hydroxylation is 1. The van der Waals surface area contributed by atoms with Gasteiger partial charge in [0.15, 0.2) is 32.8 Å². The van der Waals surface area contributed by atoms with Gasteiger partial charge < -0.3 is 9.80 Å². The smallest absolute Gasteiger partial charge is 0.262 e.